The van der Waals surface area contributed by atoms with Crippen LogP contribution in [0.25, 0.3) is 105 Å². The zero-order chi connectivity index (χ0) is 56.6. The zero-order valence-corrected chi connectivity index (χ0v) is 29.3. The maximum Gasteiger partial charge on any atom is 0.0645 e. The van der Waals surface area contributed by atoms with Crippen molar-refractivity contribution in [1.29, 1.82) is 0 Å². The molecule has 9 aromatic carbocycles. The normalized spacial score (nSPS) is 17.3. The van der Waals surface area contributed by atoms with Crippen molar-refractivity contribution in [2.24, 2.45) is 0 Å². The number of fused-ring (bicyclic) bond motifs is 9. The molecule has 0 fully saturated rings. The van der Waals surface area contributed by atoms with Crippen LogP contribution in [0.15, 0.2) is 212 Å². The van der Waals surface area contributed by atoms with Crippen LogP contribution in [-0.4, -0.2) is 13.7 Å². The predicted octanol–water partition coefficient (Wildman–Crippen LogP) is 14.3. The monoisotopic (exact) mass is 747 g/mol. The lowest BCUT2D eigenvalue weighted by Gasteiger charge is -2.15. The zero-order valence-electron chi connectivity index (χ0n) is 51.3. The SMILES string of the molecule is [2H]c1c([2H])c([2H])c2c(c1[2H])c1c(-n3c4c([2H])c([2H])c([2H])c([2H])c4c4c(-n5c6c([2H])c([2H])c([2H])c([2H])c6c6c([2H])c([2H])c([2H])c([2H])c65)c([2H])c([2H])c([2H])c43)c([2H])c([2H])c([2H])c1n2-c1cc(-c2ccccc2)cc(-c2ccccc2)c1. The average Bonchev–Trinajstić information content (AvgIpc) is 4.16. The standard InChI is InChI=1S/C54H35N3/c1-3-17-36(18-4-1)38-33-39(37-19-5-2-6-20-37)35-40(34-38)55-47-27-13-9-23-43(47)53-49(55)29-15-31-51(53)57-48-28-14-10-24-44(48)54-50(30-16-32-52(54)57)56-45-25-11-7-21-41(45)42-22-8-12-26-46(42)56/h1-35H/i7D,8D,9D,10D,11D,12D,13D,14D,15D,16D,21D,22D,23D,24D,25D,26D,27D,28D,29D,30D,31D,32D. The fourth-order valence-electron chi connectivity index (χ4n) is 7.91. The first-order valence-electron chi connectivity index (χ1n) is 28.8. The molecule has 0 saturated carbocycles. The minimum Gasteiger partial charge on any atom is -0.309 e. The molecule has 0 aliphatic heterocycles. The second-order valence-corrected chi connectivity index (χ2v) is 13.3. The van der Waals surface area contributed by atoms with Crippen molar-refractivity contribution in [1.82, 2.24) is 13.7 Å². The first-order valence-corrected chi connectivity index (χ1v) is 17.8. The van der Waals surface area contributed by atoms with Crippen molar-refractivity contribution in [3.8, 4) is 39.3 Å². The molecule has 3 nitrogen and oxygen atoms in total. The molecule has 0 bridgehead atoms. The van der Waals surface area contributed by atoms with Gasteiger partial charge in [0.2, 0.25) is 0 Å². The highest BCUT2D eigenvalue weighted by molar-refractivity contribution is 6.19. The highest BCUT2D eigenvalue weighted by atomic mass is 15.0. The van der Waals surface area contributed by atoms with E-state index < -0.39 is 188 Å². The number of rotatable bonds is 5. The van der Waals surface area contributed by atoms with E-state index in [-0.39, 0.29) is 27.5 Å². The minimum absolute atomic E-state index is 0.224. The molecule has 3 aromatic heterocycles. The Morgan fingerprint density at radius 1 is 0.298 bits per heavy atom. The molecule has 0 amide bonds. The molecule has 57 heavy (non-hydrogen) atoms. The van der Waals surface area contributed by atoms with E-state index in [2.05, 4.69) is 0 Å². The Morgan fingerprint density at radius 3 is 1.16 bits per heavy atom. The van der Waals surface area contributed by atoms with E-state index in [1.165, 1.54) is 4.57 Å². The van der Waals surface area contributed by atoms with E-state index in [9.17, 15) is 16.4 Å². The van der Waals surface area contributed by atoms with Crippen molar-refractivity contribution in [2.75, 3.05) is 0 Å². The molecule has 266 valence electrons. The van der Waals surface area contributed by atoms with Crippen LogP contribution in [0.3, 0.4) is 0 Å². The van der Waals surface area contributed by atoms with Crippen LogP contribution in [0, 0.1) is 0 Å². The van der Waals surface area contributed by atoms with Gasteiger partial charge in [-0.25, -0.2) is 0 Å². The molecule has 0 radical (unpaired) electrons. The van der Waals surface area contributed by atoms with Crippen LogP contribution in [-0.2, 0) is 0 Å². The van der Waals surface area contributed by atoms with Crippen molar-refractivity contribution in [3.05, 3.63) is 212 Å². The van der Waals surface area contributed by atoms with E-state index in [1.54, 1.807) is 12.1 Å². The average molecular weight is 748 g/mol. The summed E-state index contributed by atoms with van der Waals surface area (Å²) in [5.74, 6) is 0. The summed E-state index contributed by atoms with van der Waals surface area (Å²) >= 11 is 0. The highest BCUT2D eigenvalue weighted by Gasteiger charge is 2.23. The van der Waals surface area contributed by atoms with Crippen LogP contribution in [0.1, 0.15) is 30.2 Å². The molecule has 0 saturated heterocycles. The Bertz CT molecular complexity index is 4660. The summed E-state index contributed by atoms with van der Waals surface area (Å²) < 4.78 is 208. The summed E-state index contributed by atoms with van der Waals surface area (Å²) in [5, 5.41) is -2.52. The van der Waals surface area contributed by atoms with Gasteiger partial charge in [0.05, 0.1) is 74.6 Å². The second kappa shape index (κ2) is 12.5. The van der Waals surface area contributed by atoms with Crippen LogP contribution < -0.4 is 0 Å². The first kappa shape index (κ1) is 17.0. The van der Waals surface area contributed by atoms with E-state index in [1.807, 2.05) is 66.7 Å². The molecule has 0 aliphatic rings. The molecular weight excluding hydrogens is 691 g/mol. The topological polar surface area (TPSA) is 14.8 Å². The molecule has 0 unspecified atom stereocenters. The van der Waals surface area contributed by atoms with E-state index in [0.29, 0.717) is 11.1 Å². The third kappa shape index (κ3) is 4.73. The molecule has 12 rings (SSSR count). The van der Waals surface area contributed by atoms with Crippen LogP contribution >= 0.6 is 0 Å². The Kier molecular flexibility index (Phi) is 3.72. The third-order valence-electron chi connectivity index (χ3n) is 10.3. The highest BCUT2D eigenvalue weighted by Crippen LogP contribution is 2.43. The van der Waals surface area contributed by atoms with Gasteiger partial charge in [-0.3, -0.25) is 0 Å². The predicted molar refractivity (Wildman–Crippen MR) is 240 cm³/mol. The number of para-hydroxylation sites is 4. The van der Waals surface area contributed by atoms with Gasteiger partial charge in [0.1, 0.15) is 0 Å². The molecule has 3 heterocycles. The van der Waals surface area contributed by atoms with Gasteiger partial charge in [-0.1, -0.05) is 145 Å². The summed E-state index contributed by atoms with van der Waals surface area (Å²) in [6.45, 7) is 0. The maximum absolute atomic E-state index is 9.89. The molecule has 3 heteroatoms. The lowest BCUT2D eigenvalue weighted by atomic mass is 9.98. The molecule has 0 atom stereocenters. The number of hydrogen-bond donors (Lipinski definition) is 0. The molecular formula is C54H35N3. The number of benzene rings is 9. The number of hydrogen-bond acceptors (Lipinski definition) is 0. The largest absolute Gasteiger partial charge is 0.309 e. The second-order valence-electron chi connectivity index (χ2n) is 13.3. The van der Waals surface area contributed by atoms with Gasteiger partial charge in [-0.2, -0.15) is 0 Å². The van der Waals surface area contributed by atoms with Crippen molar-refractivity contribution >= 4 is 65.4 Å². The van der Waals surface area contributed by atoms with Crippen LogP contribution in [0.2, 0.25) is 0 Å². The van der Waals surface area contributed by atoms with Crippen molar-refractivity contribution in [2.45, 2.75) is 0 Å². The van der Waals surface area contributed by atoms with E-state index >= 15 is 0 Å². The van der Waals surface area contributed by atoms with E-state index in [0.717, 1.165) is 20.3 Å². The summed E-state index contributed by atoms with van der Waals surface area (Å²) in [6.07, 6.45) is 0. The Morgan fingerprint density at radius 2 is 0.667 bits per heavy atom. The van der Waals surface area contributed by atoms with Crippen LogP contribution in [0.5, 0.6) is 0 Å². The molecule has 12 aromatic rings. The lowest BCUT2D eigenvalue weighted by molar-refractivity contribution is 1.17. The number of nitrogens with zero attached hydrogens (tertiary/aromatic N) is 3. The summed E-state index contributed by atoms with van der Waals surface area (Å²) in [4.78, 5) is 0. The summed E-state index contributed by atoms with van der Waals surface area (Å²) in [6, 6.07) is 6.24. The first-order chi connectivity index (χ1) is 37.5. The van der Waals surface area contributed by atoms with Gasteiger partial charge in [0.25, 0.3) is 0 Å². The van der Waals surface area contributed by atoms with E-state index in [4.69, 9.17) is 13.7 Å². The van der Waals surface area contributed by atoms with Gasteiger partial charge >= 0.3 is 0 Å². The van der Waals surface area contributed by atoms with Crippen molar-refractivity contribution < 1.29 is 30.2 Å². The van der Waals surface area contributed by atoms with Crippen LogP contribution in [0.4, 0.5) is 0 Å². The summed E-state index contributed by atoms with van der Waals surface area (Å²) in [5.41, 5.74) is -0.946. The Balaban J connectivity index is 1.37. The minimum atomic E-state index is -0.944. The summed E-state index contributed by atoms with van der Waals surface area (Å²) in [7, 11) is 0. The van der Waals surface area contributed by atoms with Gasteiger partial charge in [-0.15, -0.1) is 0 Å². The van der Waals surface area contributed by atoms with Gasteiger partial charge < -0.3 is 13.7 Å². The third-order valence-corrected chi connectivity index (χ3v) is 10.3. The van der Waals surface area contributed by atoms with Gasteiger partial charge in [0, 0.05) is 38.0 Å². The van der Waals surface area contributed by atoms with Gasteiger partial charge in [-0.05, 0) is 88.8 Å². The molecule has 0 spiro atoms. The van der Waals surface area contributed by atoms with Crippen molar-refractivity contribution in [3.63, 3.8) is 0 Å². The lowest BCUT2D eigenvalue weighted by Crippen LogP contribution is -1.98. The quantitative estimate of drug-likeness (QED) is 0.167. The smallest absolute Gasteiger partial charge is 0.0645 e. The molecule has 0 N–H and O–H groups in total. The molecule has 0 aliphatic carbocycles. The van der Waals surface area contributed by atoms with Gasteiger partial charge in [0.15, 0.2) is 0 Å². The maximum atomic E-state index is 9.89. The fourth-order valence-corrected chi connectivity index (χ4v) is 7.91. The Labute approximate surface area is 360 Å². The fraction of sp³-hybridized carbons (Fsp3) is 0. The number of aromatic nitrogens is 3. The Hall–Kier alpha value is -7.62.